The normalized spacial score (nSPS) is 13.5. The van der Waals surface area contributed by atoms with E-state index in [0.717, 1.165) is 12.3 Å². The topological polar surface area (TPSA) is 110 Å². The number of halogens is 8. The van der Waals surface area contributed by atoms with Gasteiger partial charge in [-0.1, -0.05) is 35.3 Å². The van der Waals surface area contributed by atoms with E-state index in [9.17, 15) is 31.4 Å². The van der Waals surface area contributed by atoms with Crippen molar-refractivity contribution in [3.63, 3.8) is 0 Å². The van der Waals surface area contributed by atoms with Crippen LogP contribution in [0.4, 0.5) is 26.3 Å². The molecule has 4 aromatic rings. The zero-order valence-electron chi connectivity index (χ0n) is 21.2. The number of aromatic nitrogens is 4. The summed E-state index contributed by atoms with van der Waals surface area (Å²) in [6, 6.07) is 6.80. The molecule has 1 atom stereocenters. The summed E-state index contributed by atoms with van der Waals surface area (Å²) in [5, 5.41) is 19.9. The van der Waals surface area contributed by atoms with E-state index in [2.05, 4.69) is 15.0 Å². The number of aryl methyl sites for hydroxylation is 1. The van der Waals surface area contributed by atoms with Gasteiger partial charge in [0.1, 0.15) is 5.69 Å². The lowest BCUT2D eigenvalue weighted by atomic mass is 9.83. The number of aliphatic hydroxyl groups is 1. The third kappa shape index (κ3) is 6.82. The lowest BCUT2D eigenvalue weighted by molar-refractivity contribution is -0.192. The van der Waals surface area contributed by atoms with E-state index in [1.165, 1.54) is 18.6 Å². The Bertz CT molecular complexity index is 1560. The number of benzene rings is 1. The number of alkyl halides is 6. The van der Waals surface area contributed by atoms with Gasteiger partial charge in [0.2, 0.25) is 0 Å². The van der Waals surface area contributed by atoms with Crippen LogP contribution in [-0.4, -0.2) is 48.0 Å². The maximum absolute atomic E-state index is 13.1. The molecule has 3 heterocycles. The van der Waals surface area contributed by atoms with E-state index in [-0.39, 0.29) is 27.6 Å². The quantitative estimate of drug-likeness (QED) is 0.195. The summed E-state index contributed by atoms with van der Waals surface area (Å²) in [7, 11) is 1.66. The third-order valence-corrected chi connectivity index (χ3v) is 6.14. The van der Waals surface area contributed by atoms with Gasteiger partial charge < -0.3 is 19.5 Å². The van der Waals surface area contributed by atoms with Crippen molar-refractivity contribution in [2.24, 2.45) is 7.05 Å². The number of carbonyl (C=O) groups is 1. The van der Waals surface area contributed by atoms with Gasteiger partial charge in [0, 0.05) is 24.2 Å². The van der Waals surface area contributed by atoms with Crippen molar-refractivity contribution in [2.45, 2.75) is 37.9 Å². The molecule has 1 unspecified atom stereocenters. The number of ether oxygens (including phenoxy) is 1. The van der Waals surface area contributed by atoms with Crippen molar-refractivity contribution in [3.05, 3.63) is 81.7 Å². The van der Waals surface area contributed by atoms with Crippen LogP contribution in [0.15, 0.2) is 49.1 Å². The van der Waals surface area contributed by atoms with E-state index in [1.807, 2.05) is 13.8 Å². The van der Waals surface area contributed by atoms with Gasteiger partial charge in [-0.3, -0.25) is 4.98 Å². The van der Waals surface area contributed by atoms with Gasteiger partial charge >= 0.3 is 18.3 Å². The molecule has 220 valence electrons. The third-order valence-electron chi connectivity index (χ3n) is 5.51. The van der Waals surface area contributed by atoms with Crippen molar-refractivity contribution in [1.82, 2.24) is 19.5 Å². The molecule has 41 heavy (non-hydrogen) atoms. The first kappa shape index (κ1) is 31.9. The predicted octanol–water partition coefficient (Wildman–Crippen LogP) is 6.39. The van der Waals surface area contributed by atoms with Crippen LogP contribution in [0.25, 0.3) is 10.9 Å². The van der Waals surface area contributed by atoms with E-state index >= 15 is 0 Å². The van der Waals surface area contributed by atoms with Gasteiger partial charge in [0.15, 0.2) is 16.5 Å². The summed E-state index contributed by atoms with van der Waals surface area (Å²) in [6.07, 6.45) is -6.02. The number of carboxylic acids is 1. The molecule has 0 spiro atoms. The molecule has 0 amide bonds. The first-order valence-corrected chi connectivity index (χ1v) is 12.1. The Morgan fingerprint density at radius 2 is 1.63 bits per heavy atom. The van der Waals surface area contributed by atoms with Crippen molar-refractivity contribution in [2.75, 3.05) is 0 Å². The first-order chi connectivity index (χ1) is 18.9. The molecule has 0 aliphatic carbocycles. The monoisotopic (exact) mass is 624 g/mol. The molecule has 8 nitrogen and oxygen atoms in total. The Hall–Kier alpha value is -3.62. The van der Waals surface area contributed by atoms with Crippen molar-refractivity contribution < 1.29 is 46.1 Å². The van der Waals surface area contributed by atoms with Crippen LogP contribution < -0.4 is 4.74 Å². The van der Waals surface area contributed by atoms with Crippen LogP contribution in [0.5, 0.6) is 5.75 Å². The Labute approximate surface area is 238 Å². The highest BCUT2D eigenvalue weighted by Gasteiger charge is 2.39. The van der Waals surface area contributed by atoms with Gasteiger partial charge in [-0.2, -0.15) is 26.3 Å². The average molecular weight is 625 g/mol. The van der Waals surface area contributed by atoms with Crippen molar-refractivity contribution >= 4 is 40.1 Å². The molecule has 0 radical (unpaired) electrons. The molecule has 0 saturated carbocycles. The molecule has 0 saturated heterocycles. The summed E-state index contributed by atoms with van der Waals surface area (Å²) < 4.78 is 78.2. The molecule has 3 aromatic heterocycles. The minimum atomic E-state index is -5.08. The molecule has 0 bridgehead atoms. The highest BCUT2D eigenvalue weighted by molar-refractivity contribution is 6.40. The molecule has 16 heteroatoms. The van der Waals surface area contributed by atoms with E-state index in [4.69, 9.17) is 37.8 Å². The van der Waals surface area contributed by atoms with Gasteiger partial charge in [0.25, 0.3) is 0 Å². The molecular weight excluding hydrogens is 605 g/mol. The Balaban J connectivity index is 0.000000587. The number of fused-ring (bicyclic) bond motifs is 1. The minimum absolute atomic E-state index is 0.0905. The number of hydrogen-bond donors (Lipinski definition) is 2. The fraction of sp³-hybridized carbons (Fsp3) is 0.280. The number of imidazole rings is 1. The standard InChI is InChI=1S/C23H19Cl2F3N4O2.C2HF3O2/c1-12(2)34-20-19(24)15-8-13(4-6-16(15)31-21(20)25)22(33,18-10-29-11-32(18)3)14-5-7-17(30-9-14)23(26,27)28;3-2(4,5)1(6)7/h4-12,33H,1-3H3;(H,6,7). The summed E-state index contributed by atoms with van der Waals surface area (Å²) in [4.78, 5) is 20.8. The minimum Gasteiger partial charge on any atom is -0.486 e. The van der Waals surface area contributed by atoms with Gasteiger partial charge in [-0.05, 0) is 37.6 Å². The zero-order chi connectivity index (χ0) is 30.9. The second kappa shape index (κ2) is 11.7. The predicted molar refractivity (Wildman–Crippen MR) is 136 cm³/mol. The SMILES string of the molecule is CC(C)Oc1c(Cl)nc2ccc(C(O)(c3ccc(C(F)(F)F)nc3)c3cncn3C)cc2c1Cl.O=C(O)C(F)(F)F. The smallest absolute Gasteiger partial charge is 0.486 e. The zero-order valence-corrected chi connectivity index (χ0v) is 22.7. The van der Waals surface area contributed by atoms with E-state index in [0.29, 0.717) is 22.2 Å². The maximum Gasteiger partial charge on any atom is 0.490 e. The van der Waals surface area contributed by atoms with Crippen molar-refractivity contribution in [3.8, 4) is 5.75 Å². The van der Waals surface area contributed by atoms with Crippen LogP contribution in [0, 0.1) is 0 Å². The molecule has 0 aliphatic heterocycles. The highest BCUT2D eigenvalue weighted by atomic mass is 35.5. The fourth-order valence-corrected chi connectivity index (χ4v) is 4.25. The highest BCUT2D eigenvalue weighted by Crippen LogP contribution is 2.42. The molecule has 0 aliphatic rings. The second-order valence-corrected chi connectivity index (χ2v) is 9.51. The fourth-order valence-electron chi connectivity index (χ4n) is 3.68. The molecule has 0 fully saturated rings. The van der Waals surface area contributed by atoms with Crippen molar-refractivity contribution in [1.29, 1.82) is 0 Å². The van der Waals surface area contributed by atoms with E-state index in [1.54, 1.807) is 29.8 Å². The average Bonchev–Trinajstić information content (AvgIpc) is 3.31. The van der Waals surface area contributed by atoms with Crippen LogP contribution in [-0.2, 0) is 23.6 Å². The van der Waals surface area contributed by atoms with Crippen LogP contribution >= 0.6 is 23.2 Å². The lowest BCUT2D eigenvalue weighted by Crippen LogP contribution is -2.31. The Morgan fingerprint density at radius 3 is 2.10 bits per heavy atom. The number of nitrogens with zero attached hydrogens (tertiary/aromatic N) is 4. The molecule has 4 rings (SSSR count). The largest absolute Gasteiger partial charge is 0.490 e. The van der Waals surface area contributed by atoms with Gasteiger partial charge in [-0.25, -0.2) is 14.8 Å². The summed E-state index contributed by atoms with van der Waals surface area (Å²) in [5.74, 6) is -2.56. The maximum atomic E-state index is 13.1. The number of carboxylic acid groups (broad SMARTS) is 1. The van der Waals surface area contributed by atoms with Crippen LogP contribution in [0.3, 0.4) is 0 Å². The number of aliphatic carboxylic acids is 1. The second-order valence-electron chi connectivity index (χ2n) is 8.78. The van der Waals surface area contributed by atoms with Crippen LogP contribution in [0.1, 0.15) is 36.4 Å². The summed E-state index contributed by atoms with van der Waals surface area (Å²) in [5.41, 5.74) is -1.79. The number of hydrogen-bond acceptors (Lipinski definition) is 6. The van der Waals surface area contributed by atoms with Gasteiger partial charge in [-0.15, -0.1) is 0 Å². The number of rotatable bonds is 5. The van der Waals surface area contributed by atoms with E-state index < -0.39 is 29.6 Å². The molecule has 2 N–H and O–H groups in total. The Kier molecular flexibility index (Phi) is 9.11. The number of pyridine rings is 2. The summed E-state index contributed by atoms with van der Waals surface area (Å²) >= 11 is 12.9. The Morgan fingerprint density at radius 1 is 1.02 bits per heavy atom. The first-order valence-electron chi connectivity index (χ1n) is 11.4. The summed E-state index contributed by atoms with van der Waals surface area (Å²) in [6.45, 7) is 3.62. The van der Waals surface area contributed by atoms with Gasteiger partial charge in [0.05, 0.1) is 34.9 Å². The lowest BCUT2D eigenvalue weighted by Gasteiger charge is -2.30. The van der Waals surface area contributed by atoms with Crippen LogP contribution in [0.2, 0.25) is 10.2 Å². The molecular formula is C25H20Cl2F6N4O4. The molecule has 1 aromatic carbocycles.